The number of nitrogens with one attached hydrogen (secondary N) is 1. The summed E-state index contributed by atoms with van der Waals surface area (Å²) in [6, 6.07) is 7.34. The molecule has 1 rings (SSSR count). The quantitative estimate of drug-likeness (QED) is 0.822. The van der Waals surface area contributed by atoms with Crippen LogP contribution in [0.15, 0.2) is 24.3 Å². The van der Waals surface area contributed by atoms with E-state index in [1.165, 1.54) is 0 Å². The lowest BCUT2D eigenvalue weighted by molar-refractivity contribution is -0.242. The fraction of sp³-hybridized carbons (Fsp3) is 0.300. The van der Waals surface area contributed by atoms with Crippen molar-refractivity contribution in [1.29, 1.82) is 0 Å². The lowest BCUT2D eigenvalue weighted by Gasteiger charge is -2.11. The highest BCUT2D eigenvalue weighted by Crippen LogP contribution is 2.20. The average molecular weight is 210 g/mol. The third kappa shape index (κ3) is 3.30. The molecule has 0 spiro atoms. The van der Waals surface area contributed by atoms with Gasteiger partial charge in [-0.15, -0.1) is 0 Å². The molecule has 0 atom stereocenters. The predicted octanol–water partition coefficient (Wildman–Crippen LogP) is 1.69. The van der Waals surface area contributed by atoms with Crippen molar-refractivity contribution in [3.05, 3.63) is 29.8 Å². The van der Waals surface area contributed by atoms with E-state index in [9.17, 15) is 9.90 Å². The summed E-state index contributed by atoms with van der Waals surface area (Å²) in [6.45, 7) is 2.07. The maximum Gasteiger partial charge on any atom is 0.138 e. The predicted molar refractivity (Wildman–Crippen MR) is 57.3 cm³/mol. The van der Waals surface area contributed by atoms with Crippen LogP contribution in [-0.2, 0) is 5.75 Å². The van der Waals surface area contributed by atoms with Crippen molar-refractivity contribution in [1.82, 2.24) is 0 Å². The van der Waals surface area contributed by atoms with E-state index >= 15 is 0 Å². The van der Waals surface area contributed by atoms with Gasteiger partial charge in [0, 0.05) is 11.4 Å². The Kier molecular flexibility index (Phi) is 4.32. The first-order valence-electron chi connectivity index (χ1n) is 4.37. The van der Waals surface area contributed by atoms with Crippen LogP contribution in [-0.4, -0.2) is 11.8 Å². The van der Waals surface area contributed by atoms with Crippen molar-refractivity contribution in [3.8, 4) is 0 Å². The molecule has 3 nitrogen and oxygen atoms in total. The van der Waals surface area contributed by atoms with Crippen molar-refractivity contribution in [2.75, 3.05) is 11.1 Å². The fourth-order valence-electron chi connectivity index (χ4n) is 1.09. The molecule has 14 heavy (non-hydrogen) atoms. The Hall–Kier alpha value is -1.16. The molecule has 1 N–H and O–H groups in total. The smallest absolute Gasteiger partial charge is 0.138 e. The molecule has 0 fully saturated rings. The van der Waals surface area contributed by atoms with Gasteiger partial charge in [-0.2, -0.15) is 11.8 Å². The van der Waals surface area contributed by atoms with Crippen LogP contribution in [0.1, 0.15) is 12.5 Å². The van der Waals surface area contributed by atoms with E-state index in [-0.39, 0.29) is 0 Å². The minimum Gasteiger partial charge on any atom is -0.530 e. The summed E-state index contributed by atoms with van der Waals surface area (Å²) in [7, 11) is 0. The lowest BCUT2D eigenvalue weighted by Crippen LogP contribution is -2.29. The number of carbonyl (C=O) groups is 1. The molecular formula is C10H12NO2S-. The average Bonchev–Trinajstić information content (AvgIpc) is 2.16. The number of rotatable bonds is 4. The lowest BCUT2D eigenvalue weighted by atomic mass is 10.2. The van der Waals surface area contributed by atoms with E-state index in [0.29, 0.717) is 5.69 Å². The van der Waals surface area contributed by atoms with E-state index < -0.39 is 6.09 Å². The SMILES string of the molecule is CCSCc1ccccc1NC(=O)[O-]. The van der Waals surface area contributed by atoms with Crippen molar-refractivity contribution in [3.63, 3.8) is 0 Å². The Morgan fingerprint density at radius 1 is 1.50 bits per heavy atom. The number of carbonyl (C=O) groups excluding carboxylic acids is 1. The number of thioether (sulfide) groups is 1. The number of para-hydroxylation sites is 1. The monoisotopic (exact) mass is 210 g/mol. The summed E-state index contributed by atoms with van der Waals surface area (Å²) in [5, 5.41) is 12.6. The molecular weight excluding hydrogens is 198 g/mol. The van der Waals surface area contributed by atoms with Gasteiger partial charge in [-0.3, -0.25) is 0 Å². The van der Waals surface area contributed by atoms with Crippen LogP contribution in [0.3, 0.4) is 0 Å². The molecule has 0 aliphatic carbocycles. The minimum absolute atomic E-state index is 0.619. The second-order valence-electron chi connectivity index (χ2n) is 2.71. The van der Waals surface area contributed by atoms with Crippen molar-refractivity contribution in [2.24, 2.45) is 0 Å². The zero-order chi connectivity index (χ0) is 10.4. The molecule has 1 aromatic carbocycles. The molecule has 0 aliphatic heterocycles. The maximum absolute atomic E-state index is 10.4. The first kappa shape index (κ1) is 10.9. The maximum atomic E-state index is 10.4. The molecule has 0 saturated carbocycles. The zero-order valence-electron chi connectivity index (χ0n) is 7.95. The van der Waals surface area contributed by atoms with Gasteiger partial charge < -0.3 is 15.2 Å². The standard InChI is InChI=1S/C10H13NO2S/c1-2-14-7-8-5-3-4-6-9(8)11-10(12)13/h3-6,11H,2,7H2,1H3,(H,12,13)/p-1. The van der Waals surface area contributed by atoms with Crippen LogP contribution in [0, 0.1) is 0 Å². The zero-order valence-corrected chi connectivity index (χ0v) is 8.76. The highest BCUT2D eigenvalue weighted by atomic mass is 32.2. The Balaban J connectivity index is 2.74. The number of amides is 1. The molecule has 0 unspecified atom stereocenters. The Morgan fingerprint density at radius 2 is 2.21 bits per heavy atom. The van der Waals surface area contributed by atoms with Gasteiger partial charge in [-0.05, 0) is 17.4 Å². The first-order valence-corrected chi connectivity index (χ1v) is 5.53. The molecule has 0 bridgehead atoms. The molecule has 0 saturated heterocycles. The molecule has 0 aromatic heterocycles. The van der Waals surface area contributed by atoms with Gasteiger partial charge in [0.15, 0.2) is 0 Å². The van der Waals surface area contributed by atoms with Gasteiger partial charge in [0.1, 0.15) is 6.09 Å². The van der Waals surface area contributed by atoms with Crippen LogP contribution in [0.4, 0.5) is 10.5 Å². The van der Waals surface area contributed by atoms with Crippen LogP contribution in [0.25, 0.3) is 0 Å². The van der Waals surface area contributed by atoms with Gasteiger partial charge in [-0.1, -0.05) is 25.1 Å². The Labute approximate surface area is 87.5 Å². The summed E-state index contributed by atoms with van der Waals surface area (Å²) in [5.74, 6) is 1.83. The van der Waals surface area contributed by atoms with E-state index in [1.807, 2.05) is 12.1 Å². The van der Waals surface area contributed by atoms with Gasteiger partial charge in [0.25, 0.3) is 0 Å². The van der Waals surface area contributed by atoms with E-state index in [4.69, 9.17) is 0 Å². The van der Waals surface area contributed by atoms with E-state index in [1.54, 1.807) is 23.9 Å². The molecule has 1 aromatic rings. The number of hydrogen-bond acceptors (Lipinski definition) is 3. The second-order valence-corrected chi connectivity index (χ2v) is 3.98. The molecule has 0 aliphatic rings. The number of carboxylic acid groups (broad SMARTS) is 1. The Bertz CT molecular complexity index is 315. The molecule has 0 radical (unpaired) electrons. The number of anilines is 1. The summed E-state index contributed by atoms with van der Waals surface area (Å²) in [6.07, 6.45) is -1.26. The van der Waals surface area contributed by atoms with Gasteiger partial charge in [0.05, 0.1) is 0 Å². The van der Waals surface area contributed by atoms with E-state index in [0.717, 1.165) is 17.1 Å². The molecule has 1 amide bonds. The van der Waals surface area contributed by atoms with Crippen LogP contribution in [0.2, 0.25) is 0 Å². The normalized spacial score (nSPS) is 9.79. The van der Waals surface area contributed by atoms with Crippen molar-refractivity contribution in [2.45, 2.75) is 12.7 Å². The van der Waals surface area contributed by atoms with Crippen molar-refractivity contribution < 1.29 is 9.90 Å². The summed E-state index contributed by atoms with van der Waals surface area (Å²) in [4.78, 5) is 10.4. The van der Waals surface area contributed by atoms with Crippen molar-refractivity contribution >= 4 is 23.5 Å². The van der Waals surface area contributed by atoms with Gasteiger partial charge >= 0.3 is 0 Å². The Morgan fingerprint density at radius 3 is 2.86 bits per heavy atom. The van der Waals surface area contributed by atoms with E-state index in [2.05, 4.69) is 12.2 Å². The third-order valence-electron chi connectivity index (χ3n) is 1.72. The highest BCUT2D eigenvalue weighted by Gasteiger charge is 2.00. The minimum atomic E-state index is -1.26. The largest absolute Gasteiger partial charge is 0.530 e. The summed E-state index contributed by atoms with van der Waals surface area (Å²) < 4.78 is 0. The second kappa shape index (κ2) is 5.54. The first-order chi connectivity index (χ1) is 6.74. The van der Waals surface area contributed by atoms with Crippen LogP contribution in [0.5, 0.6) is 0 Å². The topological polar surface area (TPSA) is 52.2 Å². The highest BCUT2D eigenvalue weighted by molar-refractivity contribution is 7.98. The third-order valence-corrected chi connectivity index (χ3v) is 2.64. The number of benzene rings is 1. The molecule has 4 heteroatoms. The summed E-state index contributed by atoms with van der Waals surface area (Å²) in [5.41, 5.74) is 1.61. The fourth-order valence-corrected chi connectivity index (χ4v) is 1.77. The van der Waals surface area contributed by atoms with Crippen LogP contribution < -0.4 is 10.4 Å². The molecule has 76 valence electrons. The van der Waals surface area contributed by atoms with Crippen LogP contribution >= 0.6 is 11.8 Å². The van der Waals surface area contributed by atoms with Gasteiger partial charge in [-0.25, -0.2) is 0 Å². The molecule has 0 heterocycles. The summed E-state index contributed by atoms with van der Waals surface area (Å²) >= 11 is 1.75. The van der Waals surface area contributed by atoms with Gasteiger partial charge in [0.2, 0.25) is 0 Å². The number of hydrogen-bond donors (Lipinski definition) is 1.